The Balaban J connectivity index is 2.45. The van der Waals surface area contributed by atoms with Crippen LogP contribution in [-0.2, 0) is 4.79 Å². The quantitative estimate of drug-likeness (QED) is 0.715. The summed E-state index contributed by atoms with van der Waals surface area (Å²) in [5.41, 5.74) is 1.82. The number of rotatable bonds is 7. The molecule has 110 valence electrons. The van der Waals surface area contributed by atoms with Crippen molar-refractivity contribution in [3.8, 4) is 0 Å². The first-order chi connectivity index (χ1) is 9.43. The van der Waals surface area contributed by atoms with Gasteiger partial charge in [-0.1, -0.05) is 6.92 Å². The van der Waals surface area contributed by atoms with Gasteiger partial charge in [0.1, 0.15) is 0 Å². The third-order valence-corrected chi connectivity index (χ3v) is 3.16. The normalized spacial score (nSPS) is 11.8. The highest BCUT2D eigenvalue weighted by Gasteiger charge is 2.08. The molecule has 0 saturated heterocycles. The first kappa shape index (κ1) is 16.0. The SMILES string of the molecule is CCC(C)NC(=O)CCNc1ccc(C(=O)O)c(C)c1. The fourth-order valence-corrected chi connectivity index (χ4v) is 1.78. The average molecular weight is 278 g/mol. The van der Waals surface area contributed by atoms with E-state index in [0.717, 1.165) is 12.1 Å². The molecule has 1 amide bonds. The van der Waals surface area contributed by atoms with E-state index in [0.29, 0.717) is 24.1 Å². The Bertz CT molecular complexity index is 486. The van der Waals surface area contributed by atoms with Crippen molar-refractivity contribution in [2.45, 2.75) is 39.7 Å². The summed E-state index contributed by atoms with van der Waals surface area (Å²) in [7, 11) is 0. The zero-order valence-electron chi connectivity index (χ0n) is 12.2. The molecule has 0 heterocycles. The fourth-order valence-electron chi connectivity index (χ4n) is 1.78. The number of carbonyl (C=O) groups excluding carboxylic acids is 1. The average Bonchev–Trinajstić information content (AvgIpc) is 2.38. The van der Waals surface area contributed by atoms with Gasteiger partial charge in [-0.25, -0.2) is 4.79 Å². The highest BCUT2D eigenvalue weighted by molar-refractivity contribution is 5.89. The lowest BCUT2D eigenvalue weighted by atomic mass is 10.1. The number of aryl methyl sites for hydroxylation is 1. The number of hydrogen-bond donors (Lipinski definition) is 3. The van der Waals surface area contributed by atoms with Gasteiger partial charge in [-0.3, -0.25) is 4.79 Å². The van der Waals surface area contributed by atoms with Gasteiger partial charge in [-0.15, -0.1) is 0 Å². The molecule has 5 heteroatoms. The molecule has 0 spiro atoms. The van der Waals surface area contributed by atoms with Crippen LogP contribution in [0.1, 0.15) is 42.6 Å². The summed E-state index contributed by atoms with van der Waals surface area (Å²) in [6.07, 6.45) is 1.30. The van der Waals surface area contributed by atoms with E-state index in [1.807, 2.05) is 13.8 Å². The summed E-state index contributed by atoms with van der Waals surface area (Å²) in [6, 6.07) is 5.25. The van der Waals surface area contributed by atoms with Crippen LogP contribution in [0.2, 0.25) is 0 Å². The number of amides is 1. The van der Waals surface area contributed by atoms with Gasteiger partial charge in [0.05, 0.1) is 5.56 Å². The van der Waals surface area contributed by atoms with Gasteiger partial charge in [0, 0.05) is 24.7 Å². The van der Waals surface area contributed by atoms with E-state index in [1.54, 1.807) is 25.1 Å². The number of carboxylic acid groups (broad SMARTS) is 1. The second-order valence-corrected chi connectivity index (χ2v) is 4.89. The summed E-state index contributed by atoms with van der Waals surface area (Å²) in [4.78, 5) is 22.5. The van der Waals surface area contributed by atoms with E-state index >= 15 is 0 Å². The molecule has 1 aromatic rings. The summed E-state index contributed by atoms with van der Waals surface area (Å²) in [5, 5.41) is 15.0. The lowest BCUT2D eigenvalue weighted by Gasteiger charge is -2.12. The molecule has 1 aromatic carbocycles. The number of nitrogens with one attached hydrogen (secondary N) is 2. The molecular formula is C15H22N2O3. The molecule has 1 unspecified atom stereocenters. The number of carbonyl (C=O) groups is 2. The topological polar surface area (TPSA) is 78.4 Å². The second kappa shape index (κ2) is 7.53. The Morgan fingerprint density at radius 2 is 2.05 bits per heavy atom. The third kappa shape index (κ3) is 4.91. The van der Waals surface area contributed by atoms with E-state index in [4.69, 9.17) is 5.11 Å². The number of aromatic carboxylic acids is 1. The molecule has 20 heavy (non-hydrogen) atoms. The summed E-state index contributed by atoms with van der Waals surface area (Å²) >= 11 is 0. The molecule has 3 N–H and O–H groups in total. The molecule has 0 aliphatic carbocycles. The van der Waals surface area contributed by atoms with Crippen LogP contribution < -0.4 is 10.6 Å². The Labute approximate surface area is 119 Å². The molecule has 0 bridgehead atoms. The second-order valence-electron chi connectivity index (χ2n) is 4.89. The van der Waals surface area contributed by atoms with Crippen molar-refractivity contribution >= 4 is 17.6 Å². The van der Waals surface area contributed by atoms with Gasteiger partial charge in [-0.2, -0.15) is 0 Å². The van der Waals surface area contributed by atoms with Gasteiger partial charge in [-0.05, 0) is 44.0 Å². The highest BCUT2D eigenvalue weighted by atomic mass is 16.4. The van der Waals surface area contributed by atoms with Crippen molar-refractivity contribution in [1.29, 1.82) is 0 Å². The molecule has 0 aliphatic rings. The molecule has 0 aromatic heterocycles. The first-order valence-electron chi connectivity index (χ1n) is 6.81. The monoisotopic (exact) mass is 278 g/mol. The number of anilines is 1. The lowest BCUT2D eigenvalue weighted by Crippen LogP contribution is -2.32. The van der Waals surface area contributed by atoms with Crippen molar-refractivity contribution in [2.75, 3.05) is 11.9 Å². The van der Waals surface area contributed by atoms with Crippen LogP contribution in [0.4, 0.5) is 5.69 Å². The molecule has 1 rings (SSSR count). The molecule has 1 atom stereocenters. The summed E-state index contributed by atoms with van der Waals surface area (Å²) in [6.45, 7) is 6.27. The van der Waals surface area contributed by atoms with Crippen molar-refractivity contribution < 1.29 is 14.7 Å². The van der Waals surface area contributed by atoms with E-state index < -0.39 is 5.97 Å². The smallest absolute Gasteiger partial charge is 0.335 e. The lowest BCUT2D eigenvalue weighted by molar-refractivity contribution is -0.121. The number of hydrogen-bond acceptors (Lipinski definition) is 3. The van der Waals surface area contributed by atoms with Gasteiger partial charge in [0.2, 0.25) is 5.91 Å². The van der Waals surface area contributed by atoms with Crippen LogP contribution in [0.25, 0.3) is 0 Å². The largest absolute Gasteiger partial charge is 0.478 e. The fraction of sp³-hybridized carbons (Fsp3) is 0.467. The number of benzene rings is 1. The molecule has 0 fully saturated rings. The van der Waals surface area contributed by atoms with E-state index in [1.165, 1.54) is 0 Å². The predicted octanol–water partition coefficient (Wildman–Crippen LogP) is 2.41. The van der Waals surface area contributed by atoms with Crippen LogP contribution in [0.5, 0.6) is 0 Å². The van der Waals surface area contributed by atoms with Gasteiger partial charge >= 0.3 is 5.97 Å². The Morgan fingerprint density at radius 3 is 2.60 bits per heavy atom. The van der Waals surface area contributed by atoms with Gasteiger partial charge in [0.25, 0.3) is 0 Å². The van der Waals surface area contributed by atoms with Crippen LogP contribution in [0.15, 0.2) is 18.2 Å². The molecule has 5 nitrogen and oxygen atoms in total. The van der Waals surface area contributed by atoms with Crippen LogP contribution in [-0.4, -0.2) is 29.6 Å². The highest BCUT2D eigenvalue weighted by Crippen LogP contribution is 2.15. The minimum Gasteiger partial charge on any atom is -0.478 e. The zero-order chi connectivity index (χ0) is 15.1. The first-order valence-corrected chi connectivity index (χ1v) is 6.81. The van der Waals surface area contributed by atoms with Crippen LogP contribution in [0, 0.1) is 6.92 Å². The van der Waals surface area contributed by atoms with Crippen molar-refractivity contribution in [3.63, 3.8) is 0 Å². The molecule has 0 radical (unpaired) electrons. The molecular weight excluding hydrogens is 256 g/mol. The van der Waals surface area contributed by atoms with Crippen molar-refractivity contribution in [2.24, 2.45) is 0 Å². The maximum absolute atomic E-state index is 11.6. The van der Waals surface area contributed by atoms with E-state index in [-0.39, 0.29) is 11.9 Å². The minimum absolute atomic E-state index is 0.0192. The Morgan fingerprint density at radius 1 is 1.35 bits per heavy atom. The van der Waals surface area contributed by atoms with E-state index in [2.05, 4.69) is 10.6 Å². The summed E-state index contributed by atoms with van der Waals surface area (Å²) in [5.74, 6) is -0.910. The third-order valence-electron chi connectivity index (χ3n) is 3.16. The summed E-state index contributed by atoms with van der Waals surface area (Å²) < 4.78 is 0. The van der Waals surface area contributed by atoms with E-state index in [9.17, 15) is 9.59 Å². The maximum atomic E-state index is 11.6. The number of carboxylic acids is 1. The van der Waals surface area contributed by atoms with Gasteiger partial charge < -0.3 is 15.7 Å². The molecule has 0 saturated carbocycles. The Kier molecular flexibility index (Phi) is 6.03. The predicted molar refractivity (Wildman–Crippen MR) is 79.1 cm³/mol. The Hall–Kier alpha value is -2.04. The molecule has 0 aliphatic heterocycles. The van der Waals surface area contributed by atoms with Crippen LogP contribution >= 0.6 is 0 Å². The van der Waals surface area contributed by atoms with Crippen molar-refractivity contribution in [1.82, 2.24) is 5.32 Å². The van der Waals surface area contributed by atoms with Crippen molar-refractivity contribution in [3.05, 3.63) is 29.3 Å². The standard InChI is InChI=1S/C15H22N2O3/c1-4-11(3)17-14(18)7-8-16-12-5-6-13(15(19)20)10(2)9-12/h5-6,9,11,16H,4,7-8H2,1-3H3,(H,17,18)(H,19,20). The minimum atomic E-state index is -0.929. The zero-order valence-corrected chi connectivity index (χ0v) is 12.2. The van der Waals surface area contributed by atoms with Crippen LogP contribution in [0.3, 0.4) is 0 Å². The van der Waals surface area contributed by atoms with Gasteiger partial charge in [0.15, 0.2) is 0 Å². The maximum Gasteiger partial charge on any atom is 0.335 e.